The smallest absolute Gasteiger partial charge is 0.264 e. The average Bonchev–Trinajstić information content (AvgIpc) is 3.74. The molecule has 12 nitrogen and oxygen atoms in total. The molecule has 2 aliphatic rings. The lowest BCUT2D eigenvalue weighted by Crippen LogP contribution is -2.50. The normalized spacial score (nSPS) is 16.6. The molecule has 1 saturated carbocycles. The van der Waals surface area contributed by atoms with Gasteiger partial charge in [0.25, 0.3) is 11.5 Å². The Morgan fingerprint density at radius 1 is 1.12 bits per heavy atom. The summed E-state index contributed by atoms with van der Waals surface area (Å²) < 4.78 is 8.12. The van der Waals surface area contributed by atoms with Gasteiger partial charge in [-0.25, -0.2) is 14.6 Å². The number of ether oxygens (including phenoxy) is 1. The van der Waals surface area contributed by atoms with Crippen LogP contribution in [-0.4, -0.2) is 71.9 Å². The molecule has 0 spiro atoms. The highest BCUT2D eigenvalue weighted by molar-refractivity contribution is 6.05. The Hall–Kier alpha value is -4.58. The van der Waals surface area contributed by atoms with Gasteiger partial charge < -0.3 is 20.1 Å². The number of pyridine rings is 1. The standard InChI is InChI=1S/C28H29N7O5/c1-40-25-21(3-2-12-29-25)24(36)32-19-6-8-20(9-7-19)35-23-22(15-31-35)27(38)34(17-30-23)16-28(39)10-13-33(14-11-28)26(37)18-4-5-18/h2-3,6-9,12,15,17-18,39H,4-5,10-11,13-14,16H2,1H3,(H,32,36). The molecule has 2 amide bonds. The zero-order valence-corrected chi connectivity index (χ0v) is 22.0. The van der Waals surface area contributed by atoms with Crippen molar-refractivity contribution in [2.75, 3.05) is 25.5 Å². The first-order chi connectivity index (χ1) is 19.3. The molecule has 206 valence electrons. The van der Waals surface area contributed by atoms with Crippen molar-refractivity contribution in [2.45, 2.75) is 37.8 Å². The van der Waals surface area contributed by atoms with E-state index in [1.165, 1.54) is 24.2 Å². The summed E-state index contributed by atoms with van der Waals surface area (Å²) in [6, 6.07) is 10.2. The Bertz CT molecular complexity index is 1630. The van der Waals surface area contributed by atoms with Crippen LogP contribution in [0.4, 0.5) is 5.69 Å². The molecule has 1 saturated heterocycles. The van der Waals surface area contributed by atoms with Crippen molar-refractivity contribution >= 4 is 28.5 Å². The molecule has 2 N–H and O–H groups in total. The van der Waals surface area contributed by atoms with Gasteiger partial charge >= 0.3 is 0 Å². The number of amides is 2. The highest BCUT2D eigenvalue weighted by Gasteiger charge is 2.39. The summed E-state index contributed by atoms with van der Waals surface area (Å²) in [5.74, 6) is 0.214. The molecular formula is C28H29N7O5. The molecule has 6 rings (SSSR count). The predicted octanol–water partition coefficient (Wildman–Crippen LogP) is 2.00. The summed E-state index contributed by atoms with van der Waals surface area (Å²) in [6.45, 7) is 1.07. The number of carbonyl (C=O) groups excluding carboxylic acids is 2. The zero-order chi connectivity index (χ0) is 27.9. The molecular weight excluding hydrogens is 514 g/mol. The molecule has 1 aromatic carbocycles. The first kappa shape index (κ1) is 25.7. The van der Waals surface area contributed by atoms with Crippen molar-refractivity contribution in [3.8, 4) is 11.6 Å². The molecule has 4 aromatic rings. The number of nitrogens with one attached hydrogen (secondary N) is 1. The number of anilines is 1. The van der Waals surface area contributed by atoms with E-state index in [1.807, 2.05) is 4.90 Å². The number of benzene rings is 1. The van der Waals surface area contributed by atoms with Gasteiger partial charge in [0.15, 0.2) is 5.65 Å². The van der Waals surface area contributed by atoms with E-state index < -0.39 is 5.60 Å². The van der Waals surface area contributed by atoms with Crippen molar-refractivity contribution in [3.63, 3.8) is 0 Å². The summed E-state index contributed by atoms with van der Waals surface area (Å²) in [5.41, 5.74) is 0.530. The van der Waals surface area contributed by atoms with E-state index in [4.69, 9.17) is 4.74 Å². The fourth-order valence-corrected chi connectivity index (χ4v) is 5.07. The third-order valence-electron chi connectivity index (χ3n) is 7.53. The number of nitrogens with zero attached hydrogens (tertiary/aromatic N) is 6. The van der Waals surface area contributed by atoms with Gasteiger partial charge in [0, 0.05) is 30.9 Å². The largest absolute Gasteiger partial charge is 0.480 e. The van der Waals surface area contributed by atoms with Crippen LogP contribution in [0, 0.1) is 5.92 Å². The number of carbonyl (C=O) groups is 2. The van der Waals surface area contributed by atoms with Gasteiger partial charge in [0.05, 0.1) is 31.1 Å². The summed E-state index contributed by atoms with van der Waals surface area (Å²) in [7, 11) is 1.45. The van der Waals surface area contributed by atoms with Crippen LogP contribution in [0.25, 0.3) is 16.7 Å². The molecule has 2 fully saturated rings. The van der Waals surface area contributed by atoms with Crippen molar-refractivity contribution in [2.24, 2.45) is 5.92 Å². The van der Waals surface area contributed by atoms with E-state index in [2.05, 4.69) is 20.4 Å². The first-order valence-electron chi connectivity index (χ1n) is 13.2. The monoisotopic (exact) mass is 543 g/mol. The van der Waals surface area contributed by atoms with Crippen molar-refractivity contribution < 1.29 is 19.4 Å². The fraction of sp³-hybridized carbons (Fsp3) is 0.357. The van der Waals surface area contributed by atoms with E-state index in [0.29, 0.717) is 53.9 Å². The minimum atomic E-state index is -1.09. The third kappa shape index (κ3) is 4.93. The van der Waals surface area contributed by atoms with Gasteiger partial charge in [0.1, 0.15) is 17.3 Å². The number of methoxy groups -OCH3 is 1. The van der Waals surface area contributed by atoms with Crippen LogP contribution in [0.15, 0.2) is 59.9 Å². The van der Waals surface area contributed by atoms with E-state index in [-0.39, 0.29) is 35.7 Å². The molecule has 0 bridgehead atoms. The molecule has 0 atom stereocenters. The number of hydrogen-bond donors (Lipinski definition) is 2. The van der Waals surface area contributed by atoms with Gasteiger partial charge in [-0.1, -0.05) is 0 Å². The number of aromatic nitrogens is 5. The second-order valence-electron chi connectivity index (χ2n) is 10.4. The lowest BCUT2D eigenvalue weighted by molar-refractivity contribution is -0.137. The van der Waals surface area contributed by atoms with Gasteiger partial charge in [0.2, 0.25) is 11.8 Å². The molecule has 3 aromatic heterocycles. The van der Waals surface area contributed by atoms with E-state index in [1.54, 1.807) is 47.3 Å². The molecule has 40 heavy (non-hydrogen) atoms. The van der Waals surface area contributed by atoms with Crippen molar-refractivity contribution in [1.29, 1.82) is 0 Å². The number of aliphatic hydroxyl groups is 1. The summed E-state index contributed by atoms with van der Waals surface area (Å²) in [5, 5.41) is 18.7. The quantitative estimate of drug-likeness (QED) is 0.360. The Balaban J connectivity index is 1.16. The van der Waals surface area contributed by atoms with Crippen LogP contribution in [0.2, 0.25) is 0 Å². The summed E-state index contributed by atoms with van der Waals surface area (Å²) in [4.78, 5) is 48.6. The van der Waals surface area contributed by atoms with E-state index in [0.717, 1.165) is 12.8 Å². The van der Waals surface area contributed by atoms with Gasteiger partial charge in [-0.3, -0.25) is 19.0 Å². The average molecular weight is 544 g/mol. The van der Waals surface area contributed by atoms with E-state index >= 15 is 0 Å². The van der Waals surface area contributed by atoms with Crippen LogP contribution in [0.3, 0.4) is 0 Å². The Morgan fingerprint density at radius 3 is 2.58 bits per heavy atom. The molecule has 1 aliphatic carbocycles. The number of hydrogen-bond acceptors (Lipinski definition) is 8. The number of fused-ring (bicyclic) bond motifs is 1. The van der Waals surface area contributed by atoms with Gasteiger partial charge in [-0.05, 0) is 62.1 Å². The molecule has 1 aliphatic heterocycles. The highest BCUT2D eigenvalue weighted by atomic mass is 16.5. The zero-order valence-electron chi connectivity index (χ0n) is 22.0. The number of likely N-dealkylation sites (tertiary alicyclic amines) is 1. The number of piperidine rings is 1. The van der Waals surface area contributed by atoms with Crippen LogP contribution in [-0.2, 0) is 11.3 Å². The first-order valence-corrected chi connectivity index (χ1v) is 13.2. The maximum atomic E-state index is 13.3. The van der Waals surface area contributed by atoms with Crippen molar-refractivity contribution in [3.05, 3.63) is 71.0 Å². The van der Waals surface area contributed by atoms with Crippen molar-refractivity contribution in [1.82, 2.24) is 29.2 Å². The fourth-order valence-electron chi connectivity index (χ4n) is 5.07. The van der Waals surface area contributed by atoms with Crippen LogP contribution >= 0.6 is 0 Å². The molecule has 0 unspecified atom stereocenters. The summed E-state index contributed by atoms with van der Waals surface area (Å²) in [6.07, 6.45) is 7.17. The minimum Gasteiger partial charge on any atom is -0.480 e. The number of rotatable bonds is 7. The minimum absolute atomic E-state index is 0.0987. The molecule has 12 heteroatoms. The van der Waals surface area contributed by atoms with Crippen LogP contribution in [0.1, 0.15) is 36.0 Å². The lowest BCUT2D eigenvalue weighted by Gasteiger charge is -2.38. The summed E-state index contributed by atoms with van der Waals surface area (Å²) >= 11 is 0. The van der Waals surface area contributed by atoms with E-state index in [9.17, 15) is 19.5 Å². The van der Waals surface area contributed by atoms with Gasteiger partial charge in [-0.15, -0.1) is 0 Å². The maximum absolute atomic E-state index is 13.3. The van der Waals surface area contributed by atoms with Crippen LogP contribution in [0.5, 0.6) is 5.88 Å². The second kappa shape index (κ2) is 10.2. The Labute approximate surface area is 229 Å². The Morgan fingerprint density at radius 2 is 1.88 bits per heavy atom. The molecule has 4 heterocycles. The lowest BCUT2D eigenvalue weighted by atomic mass is 9.91. The SMILES string of the molecule is COc1ncccc1C(=O)Nc1ccc(-n2ncc3c(=O)n(CC4(O)CCN(C(=O)C5CC5)CC4)cnc32)cc1. The third-order valence-corrected chi connectivity index (χ3v) is 7.53. The van der Waals surface area contributed by atoms with Crippen LogP contribution < -0.4 is 15.6 Å². The Kier molecular flexibility index (Phi) is 6.54. The molecule has 0 radical (unpaired) electrons. The maximum Gasteiger partial charge on any atom is 0.264 e. The van der Waals surface area contributed by atoms with Gasteiger partial charge in [-0.2, -0.15) is 5.10 Å². The predicted molar refractivity (Wildman–Crippen MR) is 145 cm³/mol. The second-order valence-corrected chi connectivity index (χ2v) is 10.4. The topological polar surface area (TPSA) is 144 Å². The highest BCUT2D eigenvalue weighted by Crippen LogP contribution is 2.33.